The number of benzene rings is 1. The molecule has 190 valence electrons. The summed E-state index contributed by atoms with van der Waals surface area (Å²) < 4.78 is 0. The van der Waals surface area contributed by atoms with Gasteiger partial charge in [0.25, 0.3) is 0 Å². The molecule has 0 radical (unpaired) electrons. The molecule has 34 heavy (non-hydrogen) atoms. The summed E-state index contributed by atoms with van der Waals surface area (Å²) in [6.07, 6.45) is 8.56. The molecule has 3 nitrogen and oxygen atoms in total. The maximum absolute atomic E-state index is 12.8. The Kier molecular flexibility index (Phi) is 11.6. The molecular weight excluding hydrogens is 460 g/mol. The van der Waals surface area contributed by atoms with Crippen LogP contribution >= 0.6 is 11.6 Å². The van der Waals surface area contributed by atoms with Crippen LogP contribution in [0.2, 0.25) is 24.7 Å². The van der Waals surface area contributed by atoms with Crippen LogP contribution < -0.4 is 0 Å². The van der Waals surface area contributed by atoms with Crippen molar-refractivity contribution in [2.45, 2.75) is 97.7 Å². The Morgan fingerprint density at radius 1 is 1.12 bits per heavy atom. The molecule has 0 amide bonds. The van der Waals surface area contributed by atoms with Gasteiger partial charge in [-0.15, -0.1) is 0 Å². The number of carboxylic acid groups (broad SMARTS) is 1. The summed E-state index contributed by atoms with van der Waals surface area (Å²) in [6.45, 7) is 11.4. The van der Waals surface area contributed by atoms with Crippen molar-refractivity contribution in [1.29, 1.82) is 0 Å². The van der Waals surface area contributed by atoms with Gasteiger partial charge in [-0.2, -0.15) is 0 Å². The van der Waals surface area contributed by atoms with Crippen LogP contribution in [0, 0.1) is 23.7 Å². The molecule has 0 aliphatic heterocycles. The summed E-state index contributed by atoms with van der Waals surface area (Å²) in [5.41, 5.74) is 5.06. The fourth-order valence-electron chi connectivity index (χ4n) is 5.52. The summed E-state index contributed by atoms with van der Waals surface area (Å²) in [5, 5.41) is 10.8. The van der Waals surface area contributed by atoms with E-state index in [9.17, 15) is 14.7 Å². The summed E-state index contributed by atoms with van der Waals surface area (Å²) in [7, 11) is -1.54. The van der Waals surface area contributed by atoms with Gasteiger partial charge in [0.2, 0.25) is 0 Å². The molecule has 1 aromatic rings. The lowest BCUT2D eigenvalue weighted by atomic mass is 9.65. The first-order valence-corrected chi connectivity index (χ1v) is 17.2. The van der Waals surface area contributed by atoms with Crippen molar-refractivity contribution >= 4 is 31.4 Å². The summed E-state index contributed by atoms with van der Waals surface area (Å²) in [5.74, 6) is 0.336. The first kappa shape index (κ1) is 28.8. The Morgan fingerprint density at radius 2 is 1.79 bits per heavy atom. The Balaban J connectivity index is 2.07. The molecule has 0 spiro atoms. The second-order valence-corrected chi connectivity index (χ2v) is 16.9. The van der Waals surface area contributed by atoms with Crippen LogP contribution in [0.25, 0.3) is 0 Å². The number of ketones is 1. The number of rotatable bonds is 13. The highest BCUT2D eigenvalue weighted by atomic mass is 35.5. The molecule has 0 bridgehead atoms. The van der Waals surface area contributed by atoms with Crippen LogP contribution in [0.4, 0.5) is 0 Å². The molecule has 2 rings (SSSR count). The van der Waals surface area contributed by atoms with Gasteiger partial charge in [0, 0.05) is 17.9 Å². The molecule has 0 saturated heterocycles. The van der Waals surface area contributed by atoms with Gasteiger partial charge in [0.15, 0.2) is 0 Å². The second kappa shape index (κ2) is 13.6. The molecule has 0 heterocycles. The van der Waals surface area contributed by atoms with Gasteiger partial charge < -0.3 is 5.11 Å². The zero-order valence-corrected chi connectivity index (χ0v) is 23.7. The Labute approximate surface area is 213 Å². The summed E-state index contributed by atoms with van der Waals surface area (Å²) in [6, 6.07) is 7.86. The molecular formula is C29H45ClO3Si. The van der Waals surface area contributed by atoms with Gasteiger partial charge in [0.05, 0.1) is 14.0 Å². The monoisotopic (exact) mass is 504 g/mol. The normalized spacial score (nSPS) is 23.1. The number of aliphatic carboxylic acids is 1. The molecule has 1 aromatic carbocycles. The lowest BCUT2D eigenvalue weighted by molar-refractivity contribution is -0.144. The molecule has 5 heteroatoms. The topological polar surface area (TPSA) is 54.4 Å². The minimum absolute atomic E-state index is 0.122. The van der Waals surface area contributed by atoms with Crippen molar-refractivity contribution in [3.05, 3.63) is 46.1 Å². The van der Waals surface area contributed by atoms with E-state index in [0.717, 1.165) is 56.4 Å². The highest BCUT2D eigenvalue weighted by Gasteiger charge is 2.39. The first-order chi connectivity index (χ1) is 16.0. The molecule has 1 N–H and O–H groups in total. The van der Waals surface area contributed by atoms with Crippen LogP contribution in [-0.4, -0.2) is 24.9 Å². The fourth-order valence-corrected chi connectivity index (χ4v) is 7.07. The van der Waals surface area contributed by atoms with Crippen molar-refractivity contribution in [2.75, 3.05) is 0 Å². The van der Waals surface area contributed by atoms with E-state index in [4.69, 9.17) is 11.6 Å². The van der Waals surface area contributed by atoms with Crippen molar-refractivity contribution in [1.82, 2.24) is 0 Å². The molecule has 0 unspecified atom stereocenters. The first-order valence-electron chi connectivity index (χ1n) is 13.2. The number of aryl methyl sites for hydroxylation is 1. The number of hydrogen-bond acceptors (Lipinski definition) is 2. The minimum Gasteiger partial charge on any atom is -0.481 e. The SMILES string of the molecule is CCCC[C@@H](C(=O)O)[C@@H]1CC[C@@H](C)[C@H](CCC(=O)CCCc2ccc(Cl)cc2)/C1=C\[Si](C)(C)C. The van der Waals surface area contributed by atoms with E-state index in [-0.39, 0.29) is 11.8 Å². The number of halogens is 1. The quantitative estimate of drug-likeness (QED) is 0.274. The Morgan fingerprint density at radius 3 is 2.38 bits per heavy atom. The third kappa shape index (κ3) is 9.34. The standard InChI is InChI=1S/C29H45ClO3Si/c1-6-7-11-27(29(32)33)26-18-12-21(2)25(28(26)20-34(3,4)5)19-17-24(31)10-8-9-22-13-15-23(30)16-14-22/h13-16,20-21,25-27H,6-12,17-19H2,1-5H3,(H,32,33)/b28-20+/t21-,25+,26+,27-/m1/s1. The highest BCUT2D eigenvalue weighted by Crippen LogP contribution is 2.46. The predicted molar refractivity (Wildman–Crippen MR) is 146 cm³/mol. The zero-order chi connectivity index (χ0) is 25.3. The number of carbonyl (C=O) groups excluding carboxylic acids is 1. The Hall–Kier alpha value is -1.39. The van der Waals surface area contributed by atoms with Crippen molar-refractivity contribution in [3.63, 3.8) is 0 Å². The van der Waals surface area contributed by atoms with Gasteiger partial charge >= 0.3 is 5.97 Å². The number of allylic oxidation sites excluding steroid dienone is 1. The molecule has 1 saturated carbocycles. The third-order valence-electron chi connectivity index (χ3n) is 7.32. The second-order valence-electron chi connectivity index (χ2n) is 11.4. The van der Waals surface area contributed by atoms with E-state index in [1.807, 2.05) is 24.3 Å². The summed E-state index contributed by atoms with van der Waals surface area (Å²) >= 11 is 5.96. The van der Waals surface area contributed by atoms with Crippen molar-refractivity contribution in [2.24, 2.45) is 23.7 Å². The maximum atomic E-state index is 12.8. The van der Waals surface area contributed by atoms with E-state index in [2.05, 4.69) is 39.2 Å². The molecule has 1 aliphatic rings. The molecule has 4 atom stereocenters. The van der Waals surface area contributed by atoms with E-state index >= 15 is 0 Å². The lowest BCUT2D eigenvalue weighted by Crippen LogP contribution is -2.36. The maximum Gasteiger partial charge on any atom is 0.307 e. The van der Waals surface area contributed by atoms with Gasteiger partial charge in [-0.1, -0.05) is 81.3 Å². The predicted octanol–water partition coefficient (Wildman–Crippen LogP) is 8.37. The highest BCUT2D eigenvalue weighted by molar-refractivity contribution is 6.81. The van der Waals surface area contributed by atoms with Crippen molar-refractivity contribution < 1.29 is 14.7 Å². The molecule has 1 fully saturated rings. The van der Waals surface area contributed by atoms with E-state index in [1.54, 1.807) is 0 Å². The van der Waals surface area contributed by atoms with E-state index < -0.39 is 14.0 Å². The number of unbranched alkanes of at least 4 members (excludes halogenated alkanes) is 1. The van der Waals surface area contributed by atoms with Gasteiger partial charge in [0.1, 0.15) is 5.78 Å². The number of carboxylic acids is 1. The van der Waals surface area contributed by atoms with Gasteiger partial charge in [-0.05, 0) is 74.0 Å². The average Bonchev–Trinajstić information content (AvgIpc) is 2.75. The van der Waals surface area contributed by atoms with Crippen LogP contribution in [0.15, 0.2) is 35.5 Å². The van der Waals surface area contributed by atoms with Crippen molar-refractivity contribution in [3.8, 4) is 0 Å². The third-order valence-corrected chi connectivity index (χ3v) is 8.77. The van der Waals surface area contributed by atoms with E-state index in [0.29, 0.717) is 30.5 Å². The van der Waals surface area contributed by atoms with E-state index in [1.165, 1.54) is 11.1 Å². The van der Waals surface area contributed by atoms with Crippen LogP contribution in [0.1, 0.15) is 77.2 Å². The van der Waals surface area contributed by atoms with Gasteiger partial charge in [-0.3, -0.25) is 9.59 Å². The number of hydrogen-bond donors (Lipinski definition) is 1. The lowest BCUT2D eigenvalue weighted by Gasteiger charge is -2.41. The molecule has 1 aliphatic carbocycles. The smallest absolute Gasteiger partial charge is 0.307 e. The summed E-state index contributed by atoms with van der Waals surface area (Å²) in [4.78, 5) is 25.0. The number of carbonyl (C=O) groups is 2. The van der Waals surface area contributed by atoms with Crippen LogP contribution in [0.3, 0.4) is 0 Å². The van der Waals surface area contributed by atoms with Gasteiger partial charge in [-0.25, -0.2) is 0 Å². The number of Topliss-reactive ketones (excluding diaryl/α,β-unsaturated/α-hetero) is 1. The Bertz CT molecular complexity index is 825. The largest absolute Gasteiger partial charge is 0.481 e. The average molecular weight is 505 g/mol. The molecule has 0 aromatic heterocycles. The van der Waals surface area contributed by atoms with Crippen LogP contribution in [0.5, 0.6) is 0 Å². The van der Waals surface area contributed by atoms with Crippen LogP contribution in [-0.2, 0) is 16.0 Å². The fraction of sp³-hybridized carbons (Fsp3) is 0.655. The zero-order valence-electron chi connectivity index (χ0n) is 21.9. The minimum atomic E-state index is -1.54.